The molecule has 0 radical (unpaired) electrons. The fraction of sp³-hybridized carbons (Fsp3) is 0.296. The molecule has 0 fully saturated rings. The van der Waals surface area contributed by atoms with Crippen LogP contribution in [0.2, 0.25) is 0 Å². The maximum atomic E-state index is 13.2. The SMILES string of the molecule is CCCC(NC(=O)c1cccnc1C(=O)NC(CCC)c1ccccc1)c1ccccc1. The van der Waals surface area contributed by atoms with Crippen molar-refractivity contribution in [3.8, 4) is 0 Å². The van der Waals surface area contributed by atoms with Crippen molar-refractivity contribution in [2.75, 3.05) is 0 Å². The van der Waals surface area contributed by atoms with Crippen LogP contribution in [0.3, 0.4) is 0 Å². The highest BCUT2D eigenvalue weighted by molar-refractivity contribution is 6.06. The topological polar surface area (TPSA) is 71.1 Å². The van der Waals surface area contributed by atoms with E-state index >= 15 is 0 Å². The van der Waals surface area contributed by atoms with Crippen LogP contribution in [0.4, 0.5) is 0 Å². The summed E-state index contributed by atoms with van der Waals surface area (Å²) in [6.07, 6.45) is 5.01. The molecular weight excluding hydrogens is 398 g/mol. The molecule has 166 valence electrons. The molecule has 32 heavy (non-hydrogen) atoms. The molecule has 0 saturated heterocycles. The van der Waals surface area contributed by atoms with Crippen LogP contribution >= 0.6 is 0 Å². The maximum absolute atomic E-state index is 13.2. The van der Waals surface area contributed by atoms with Crippen LogP contribution in [0.15, 0.2) is 79.0 Å². The van der Waals surface area contributed by atoms with Crippen molar-refractivity contribution in [2.24, 2.45) is 0 Å². The van der Waals surface area contributed by atoms with Crippen molar-refractivity contribution in [3.05, 3.63) is 101 Å². The number of aromatic nitrogens is 1. The number of carbonyl (C=O) groups is 2. The van der Waals surface area contributed by atoms with Gasteiger partial charge < -0.3 is 10.6 Å². The van der Waals surface area contributed by atoms with Crippen LogP contribution in [0, 0.1) is 0 Å². The maximum Gasteiger partial charge on any atom is 0.271 e. The Labute approximate surface area is 190 Å². The van der Waals surface area contributed by atoms with Crippen LogP contribution in [-0.2, 0) is 0 Å². The number of pyridine rings is 1. The minimum Gasteiger partial charge on any atom is -0.345 e. The molecule has 0 aliphatic heterocycles. The van der Waals surface area contributed by atoms with E-state index in [0.29, 0.717) is 0 Å². The monoisotopic (exact) mass is 429 g/mol. The summed E-state index contributed by atoms with van der Waals surface area (Å²) >= 11 is 0. The summed E-state index contributed by atoms with van der Waals surface area (Å²) in [5.74, 6) is -0.637. The zero-order valence-corrected chi connectivity index (χ0v) is 18.8. The molecule has 2 unspecified atom stereocenters. The molecule has 2 aromatic carbocycles. The minimum atomic E-state index is -0.343. The van der Waals surface area contributed by atoms with Crippen molar-refractivity contribution < 1.29 is 9.59 Å². The summed E-state index contributed by atoms with van der Waals surface area (Å²) in [7, 11) is 0. The lowest BCUT2D eigenvalue weighted by molar-refractivity contribution is 0.0895. The van der Waals surface area contributed by atoms with Gasteiger partial charge in [-0.05, 0) is 36.1 Å². The third-order valence-electron chi connectivity index (χ3n) is 5.44. The number of hydrogen-bond acceptors (Lipinski definition) is 3. The zero-order valence-electron chi connectivity index (χ0n) is 18.8. The first kappa shape index (κ1) is 23.2. The molecule has 3 rings (SSSR count). The standard InChI is InChI=1S/C27H31N3O2/c1-3-12-23(20-14-7-5-8-15-20)29-26(31)22-18-11-19-28-25(22)27(32)30-24(13-4-2)21-16-9-6-10-17-21/h5-11,14-19,23-24H,3-4,12-13H2,1-2H3,(H,29,31)(H,30,32). The van der Waals surface area contributed by atoms with Gasteiger partial charge in [0.1, 0.15) is 5.69 Å². The van der Waals surface area contributed by atoms with Gasteiger partial charge in [-0.15, -0.1) is 0 Å². The summed E-state index contributed by atoms with van der Waals surface area (Å²) in [4.78, 5) is 30.6. The molecule has 0 spiro atoms. The van der Waals surface area contributed by atoms with Crippen LogP contribution in [-0.4, -0.2) is 16.8 Å². The van der Waals surface area contributed by atoms with Crippen molar-refractivity contribution >= 4 is 11.8 Å². The van der Waals surface area contributed by atoms with E-state index in [2.05, 4.69) is 29.5 Å². The lowest BCUT2D eigenvalue weighted by atomic mass is 10.0. The van der Waals surface area contributed by atoms with E-state index in [0.717, 1.165) is 36.8 Å². The van der Waals surface area contributed by atoms with Gasteiger partial charge in [-0.3, -0.25) is 14.6 Å². The normalized spacial score (nSPS) is 12.6. The van der Waals surface area contributed by atoms with E-state index in [-0.39, 0.29) is 35.2 Å². The fourth-order valence-electron chi connectivity index (χ4n) is 3.82. The van der Waals surface area contributed by atoms with Gasteiger partial charge in [0.05, 0.1) is 17.6 Å². The molecule has 0 saturated carbocycles. The minimum absolute atomic E-state index is 0.123. The van der Waals surface area contributed by atoms with E-state index in [1.807, 2.05) is 60.7 Å². The second-order valence-electron chi connectivity index (χ2n) is 7.85. The molecule has 0 aliphatic rings. The van der Waals surface area contributed by atoms with Gasteiger partial charge in [-0.2, -0.15) is 0 Å². The molecule has 1 aromatic heterocycles. The van der Waals surface area contributed by atoms with E-state index in [1.54, 1.807) is 18.3 Å². The molecule has 5 heteroatoms. The number of rotatable bonds is 10. The second kappa shape index (κ2) is 11.8. The summed E-state index contributed by atoms with van der Waals surface area (Å²) in [6, 6.07) is 22.9. The molecule has 0 bridgehead atoms. The number of nitrogens with zero attached hydrogens (tertiary/aromatic N) is 1. The Morgan fingerprint density at radius 3 is 1.72 bits per heavy atom. The van der Waals surface area contributed by atoms with Crippen molar-refractivity contribution in [1.82, 2.24) is 15.6 Å². The van der Waals surface area contributed by atoms with E-state index in [1.165, 1.54) is 0 Å². The molecule has 5 nitrogen and oxygen atoms in total. The lowest BCUT2D eigenvalue weighted by Gasteiger charge is -2.21. The van der Waals surface area contributed by atoms with Crippen molar-refractivity contribution in [3.63, 3.8) is 0 Å². The van der Waals surface area contributed by atoms with Gasteiger partial charge in [0.2, 0.25) is 0 Å². The van der Waals surface area contributed by atoms with Crippen LogP contribution in [0.5, 0.6) is 0 Å². The Morgan fingerprint density at radius 2 is 1.22 bits per heavy atom. The molecule has 1 heterocycles. The van der Waals surface area contributed by atoms with Crippen LogP contribution < -0.4 is 10.6 Å². The van der Waals surface area contributed by atoms with E-state index < -0.39 is 0 Å². The molecular formula is C27H31N3O2. The van der Waals surface area contributed by atoms with Gasteiger partial charge in [0, 0.05) is 6.20 Å². The molecule has 2 amide bonds. The van der Waals surface area contributed by atoms with E-state index in [4.69, 9.17) is 0 Å². The molecule has 2 atom stereocenters. The van der Waals surface area contributed by atoms with Gasteiger partial charge >= 0.3 is 0 Å². The summed E-state index contributed by atoms with van der Waals surface area (Å²) in [6.45, 7) is 4.17. The smallest absolute Gasteiger partial charge is 0.271 e. The highest BCUT2D eigenvalue weighted by Crippen LogP contribution is 2.21. The Kier molecular flexibility index (Phi) is 8.55. The number of carbonyl (C=O) groups excluding carboxylic acids is 2. The molecule has 3 aromatic rings. The first-order chi connectivity index (χ1) is 15.6. The average Bonchev–Trinajstić information content (AvgIpc) is 2.84. The largest absolute Gasteiger partial charge is 0.345 e. The molecule has 2 N–H and O–H groups in total. The Hall–Kier alpha value is -3.47. The summed E-state index contributed by atoms with van der Waals surface area (Å²) < 4.78 is 0. The first-order valence-corrected chi connectivity index (χ1v) is 11.3. The first-order valence-electron chi connectivity index (χ1n) is 11.3. The fourth-order valence-corrected chi connectivity index (χ4v) is 3.82. The summed E-state index contributed by atoms with van der Waals surface area (Å²) in [5, 5.41) is 6.17. The predicted octanol–water partition coefficient (Wildman–Crippen LogP) is 5.62. The Balaban J connectivity index is 1.81. The predicted molar refractivity (Wildman–Crippen MR) is 127 cm³/mol. The highest BCUT2D eigenvalue weighted by Gasteiger charge is 2.23. The number of nitrogens with one attached hydrogen (secondary N) is 2. The Bertz CT molecular complexity index is 923. The third kappa shape index (κ3) is 6.03. The van der Waals surface area contributed by atoms with Crippen LogP contribution in [0.1, 0.15) is 83.6 Å². The van der Waals surface area contributed by atoms with E-state index in [9.17, 15) is 9.59 Å². The third-order valence-corrected chi connectivity index (χ3v) is 5.44. The quantitative estimate of drug-likeness (QED) is 0.439. The summed E-state index contributed by atoms with van der Waals surface area (Å²) in [5.41, 5.74) is 2.51. The number of hydrogen-bond donors (Lipinski definition) is 2. The Morgan fingerprint density at radius 1 is 0.719 bits per heavy atom. The van der Waals surface area contributed by atoms with Gasteiger partial charge in [0.25, 0.3) is 11.8 Å². The second-order valence-corrected chi connectivity index (χ2v) is 7.85. The number of amides is 2. The van der Waals surface area contributed by atoms with Crippen molar-refractivity contribution in [2.45, 2.75) is 51.6 Å². The van der Waals surface area contributed by atoms with Crippen molar-refractivity contribution in [1.29, 1.82) is 0 Å². The molecule has 0 aliphatic carbocycles. The number of benzene rings is 2. The highest BCUT2D eigenvalue weighted by atomic mass is 16.2. The zero-order chi connectivity index (χ0) is 22.8. The average molecular weight is 430 g/mol. The van der Waals surface area contributed by atoms with Gasteiger partial charge in [-0.1, -0.05) is 87.4 Å². The van der Waals surface area contributed by atoms with Gasteiger partial charge in [-0.25, -0.2) is 0 Å². The lowest BCUT2D eigenvalue weighted by Crippen LogP contribution is -2.34. The van der Waals surface area contributed by atoms with Crippen LogP contribution in [0.25, 0.3) is 0 Å². The van der Waals surface area contributed by atoms with Gasteiger partial charge in [0.15, 0.2) is 0 Å².